The van der Waals surface area contributed by atoms with E-state index in [2.05, 4.69) is 10.3 Å². The van der Waals surface area contributed by atoms with Crippen LogP contribution < -0.4 is 5.32 Å². The van der Waals surface area contributed by atoms with E-state index < -0.39 is 0 Å². The topological polar surface area (TPSA) is 73.2 Å². The lowest BCUT2D eigenvalue weighted by Gasteiger charge is -2.13. The van der Waals surface area contributed by atoms with E-state index in [1.54, 1.807) is 19.1 Å². The number of esters is 1. The second kappa shape index (κ2) is 9.13. The Labute approximate surface area is 174 Å². The molecular formula is C22H25N3O3S. The summed E-state index contributed by atoms with van der Waals surface area (Å²) in [6, 6.07) is 13.1. The second-order valence-corrected chi connectivity index (χ2v) is 7.99. The van der Waals surface area contributed by atoms with Gasteiger partial charge in [0.15, 0.2) is 5.16 Å². The molecule has 0 aliphatic carbocycles. The molecule has 7 heteroatoms. The highest BCUT2D eigenvalue weighted by Crippen LogP contribution is 2.28. The van der Waals surface area contributed by atoms with Crippen LogP contribution in [0.25, 0.3) is 11.0 Å². The number of benzene rings is 2. The van der Waals surface area contributed by atoms with Gasteiger partial charge in [0.05, 0.1) is 28.5 Å². The first-order valence-electron chi connectivity index (χ1n) is 9.64. The Morgan fingerprint density at radius 2 is 1.90 bits per heavy atom. The lowest BCUT2D eigenvalue weighted by atomic mass is 10.2. The highest BCUT2D eigenvalue weighted by atomic mass is 32.2. The molecule has 0 bridgehead atoms. The SMILES string of the molecule is CCOC(=O)c1ccc2c(c1)nc(S[C@H](C)C(=O)Nc1ccc(C)cc1)n2CC. The van der Waals surface area contributed by atoms with Gasteiger partial charge in [-0.15, -0.1) is 0 Å². The van der Waals surface area contributed by atoms with Crippen LogP contribution in [0.1, 0.15) is 36.7 Å². The Morgan fingerprint density at radius 3 is 2.55 bits per heavy atom. The van der Waals surface area contributed by atoms with Gasteiger partial charge in [0.1, 0.15) is 0 Å². The monoisotopic (exact) mass is 411 g/mol. The average Bonchev–Trinajstić information content (AvgIpc) is 3.05. The second-order valence-electron chi connectivity index (χ2n) is 6.68. The molecule has 0 aliphatic rings. The first-order valence-corrected chi connectivity index (χ1v) is 10.5. The third kappa shape index (κ3) is 4.79. The van der Waals surface area contributed by atoms with E-state index in [1.165, 1.54) is 11.8 Å². The summed E-state index contributed by atoms with van der Waals surface area (Å²) in [5.74, 6) is -0.443. The van der Waals surface area contributed by atoms with Crippen molar-refractivity contribution in [3.8, 4) is 0 Å². The van der Waals surface area contributed by atoms with Crippen LogP contribution in [-0.4, -0.2) is 33.3 Å². The number of fused-ring (bicyclic) bond motifs is 1. The fourth-order valence-electron chi connectivity index (χ4n) is 2.94. The van der Waals surface area contributed by atoms with Crippen LogP contribution in [0.4, 0.5) is 5.69 Å². The Kier molecular flexibility index (Phi) is 6.59. The van der Waals surface area contributed by atoms with E-state index in [0.29, 0.717) is 24.2 Å². The maximum atomic E-state index is 12.6. The van der Waals surface area contributed by atoms with E-state index in [9.17, 15) is 9.59 Å². The van der Waals surface area contributed by atoms with Crippen molar-refractivity contribution in [2.75, 3.05) is 11.9 Å². The van der Waals surface area contributed by atoms with Crippen molar-refractivity contribution in [1.29, 1.82) is 0 Å². The standard InChI is InChI=1S/C22H25N3O3S/c1-5-25-19-12-9-16(21(27)28-6-2)13-18(19)24-22(25)29-15(4)20(26)23-17-10-7-14(3)8-11-17/h7-13,15H,5-6H2,1-4H3,(H,23,26)/t15-/m1/s1. The Morgan fingerprint density at radius 1 is 1.17 bits per heavy atom. The predicted molar refractivity (Wildman–Crippen MR) is 116 cm³/mol. The average molecular weight is 412 g/mol. The summed E-state index contributed by atoms with van der Waals surface area (Å²) in [4.78, 5) is 29.3. The fraction of sp³-hybridized carbons (Fsp3) is 0.318. The van der Waals surface area contributed by atoms with Gasteiger partial charge < -0.3 is 14.6 Å². The maximum absolute atomic E-state index is 12.6. The van der Waals surface area contributed by atoms with Gasteiger partial charge in [0.25, 0.3) is 0 Å². The molecule has 1 amide bonds. The number of carbonyl (C=O) groups excluding carboxylic acids is 2. The summed E-state index contributed by atoms with van der Waals surface area (Å²) < 4.78 is 7.11. The van der Waals surface area contributed by atoms with Crippen molar-refractivity contribution >= 4 is 40.4 Å². The number of nitrogens with one attached hydrogen (secondary N) is 1. The molecule has 0 radical (unpaired) electrons. The van der Waals surface area contributed by atoms with Crippen molar-refractivity contribution in [2.45, 2.75) is 44.6 Å². The zero-order chi connectivity index (χ0) is 21.0. The van der Waals surface area contributed by atoms with Crippen molar-refractivity contribution in [3.63, 3.8) is 0 Å². The third-order valence-electron chi connectivity index (χ3n) is 4.51. The molecule has 0 spiro atoms. The summed E-state index contributed by atoms with van der Waals surface area (Å²) in [5, 5.41) is 3.36. The van der Waals surface area contributed by atoms with Crippen LogP contribution in [0.2, 0.25) is 0 Å². The van der Waals surface area contributed by atoms with Crippen LogP contribution in [-0.2, 0) is 16.1 Å². The number of thioether (sulfide) groups is 1. The molecular weight excluding hydrogens is 386 g/mol. The quantitative estimate of drug-likeness (QED) is 0.452. The van der Waals surface area contributed by atoms with Gasteiger partial charge in [0, 0.05) is 12.2 Å². The van der Waals surface area contributed by atoms with Crippen LogP contribution in [0, 0.1) is 6.92 Å². The highest BCUT2D eigenvalue weighted by Gasteiger charge is 2.20. The smallest absolute Gasteiger partial charge is 0.338 e. The van der Waals surface area contributed by atoms with E-state index in [1.807, 2.05) is 55.7 Å². The van der Waals surface area contributed by atoms with Crippen LogP contribution in [0.5, 0.6) is 0 Å². The zero-order valence-electron chi connectivity index (χ0n) is 17.1. The molecule has 2 aromatic carbocycles. The Hall–Kier alpha value is -2.80. The largest absolute Gasteiger partial charge is 0.462 e. The van der Waals surface area contributed by atoms with Crippen LogP contribution in [0.3, 0.4) is 0 Å². The minimum Gasteiger partial charge on any atom is -0.462 e. The Balaban J connectivity index is 1.79. The summed E-state index contributed by atoms with van der Waals surface area (Å²) in [6.45, 7) is 8.71. The van der Waals surface area contributed by atoms with E-state index >= 15 is 0 Å². The molecule has 0 saturated heterocycles. The Bertz CT molecular complexity index is 1030. The number of aryl methyl sites for hydroxylation is 2. The number of rotatable bonds is 7. The number of hydrogen-bond acceptors (Lipinski definition) is 5. The number of ether oxygens (including phenoxy) is 1. The summed E-state index contributed by atoms with van der Waals surface area (Å²) in [7, 11) is 0. The number of carbonyl (C=O) groups is 2. The molecule has 152 valence electrons. The maximum Gasteiger partial charge on any atom is 0.338 e. The molecule has 6 nitrogen and oxygen atoms in total. The van der Waals surface area contributed by atoms with Gasteiger partial charge in [-0.05, 0) is 58.0 Å². The van der Waals surface area contributed by atoms with Crippen molar-refractivity contribution in [3.05, 3.63) is 53.6 Å². The summed E-state index contributed by atoms with van der Waals surface area (Å²) in [6.07, 6.45) is 0. The van der Waals surface area contributed by atoms with Crippen molar-refractivity contribution < 1.29 is 14.3 Å². The number of aromatic nitrogens is 2. The number of imidazole rings is 1. The molecule has 1 heterocycles. The minimum absolute atomic E-state index is 0.0826. The molecule has 3 aromatic rings. The summed E-state index contributed by atoms with van der Waals surface area (Å²) >= 11 is 1.40. The molecule has 0 saturated carbocycles. The van der Waals surface area contributed by atoms with Gasteiger partial charge in [-0.25, -0.2) is 9.78 Å². The number of nitrogens with zero attached hydrogens (tertiary/aromatic N) is 2. The minimum atomic E-state index is -0.361. The van der Waals surface area contributed by atoms with Gasteiger partial charge in [-0.2, -0.15) is 0 Å². The first-order chi connectivity index (χ1) is 13.9. The van der Waals surface area contributed by atoms with Crippen molar-refractivity contribution in [1.82, 2.24) is 9.55 Å². The van der Waals surface area contributed by atoms with E-state index in [0.717, 1.165) is 21.9 Å². The van der Waals surface area contributed by atoms with E-state index in [-0.39, 0.29) is 17.1 Å². The molecule has 0 unspecified atom stereocenters. The molecule has 3 rings (SSSR count). The number of hydrogen-bond donors (Lipinski definition) is 1. The zero-order valence-corrected chi connectivity index (χ0v) is 17.9. The van der Waals surface area contributed by atoms with Crippen molar-refractivity contribution in [2.24, 2.45) is 0 Å². The molecule has 0 aliphatic heterocycles. The normalized spacial score (nSPS) is 12.0. The predicted octanol–water partition coefficient (Wildman–Crippen LogP) is 4.66. The lowest BCUT2D eigenvalue weighted by Crippen LogP contribution is -2.22. The van der Waals surface area contributed by atoms with Gasteiger partial charge >= 0.3 is 5.97 Å². The lowest BCUT2D eigenvalue weighted by molar-refractivity contribution is -0.115. The highest BCUT2D eigenvalue weighted by molar-refractivity contribution is 8.00. The van der Waals surface area contributed by atoms with E-state index in [4.69, 9.17) is 4.74 Å². The third-order valence-corrected chi connectivity index (χ3v) is 5.60. The molecule has 1 atom stereocenters. The first kappa shape index (κ1) is 20.9. The van der Waals surface area contributed by atoms with Crippen LogP contribution in [0.15, 0.2) is 47.6 Å². The molecule has 0 fully saturated rings. The molecule has 1 aromatic heterocycles. The number of anilines is 1. The van der Waals surface area contributed by atoms with Gasteiger partial charge in [-0.3, -0.25) is 4.79 Å². The molecule has 1 N–H and O–H groups in total. The van der Waals surface area contributed by atoms with Gasteiger partial charge in [-0.1, -0.05) is 29.5 Å². The fourth-order valence-corrected chi connectivity index (χ4v) is 3.92. The summed E-state index contributed by atoms with van der Waals surface area (Å²) in [5.41, 5.74) is 4.03. The van der Waals surface area contributed by atoms with Crippen LogP contribution >= 0.6 is 11.8 Å². The van der Waals surface area contributed by atoms with Gasteiger partial charge in [0.2, 0.25) is 5.91 Å². The molecule has 29 heavy (non-hydrogen) atoms. The number of amides is 1.